The van der Waals surface area contributed by atoms with E-state index in [0.29, 0.717) is 12.1 Å². The fourth-order valence-electron chi connectivity index (χ4n) is 3.76. The number of halogens is 1. The summed E-state index contributed by atoms with van der Waals surface area (Å²) in [5.41, 5.74) is 0. The lowest BCUT2D eigenvalue weighted by Gasteiger charge is -2.31. The third-order valence-electron chi connectivity index (χ3n) is 5.50. The van der Waals surface area contributed by atoms with E-state index in [4.69, 9.17) is 0 Å². The van der Waals surface area contributed by atoms with Crippen molar-refractivity contribution in [2.75, 3.05) is 27.7 Å². The zero-order valence-corrected chi connectivity index (χ0v) is 19.3. The average molecular weight is 493 g/mol. The number of rotatable bonds is 5. The molecule has 156 valence electrons. The van der Waals surface area contributed by atoms with Crippen LogP contribution >= 0.6 is 24.0 Å². The number of hydrogen-bond donors (Lipinski definition) is 3. The van der Waals surface area contributed by atoms with Gasteiger partial charge in [0.25, 0.3) is 0 Å². The molecule has 3 N–H and O–H groups in total. The van der Waals surface area contributed by atoms with Crippen LogP contribution in [0.4, 0.5) is 0 Å². The first-order valence-corrected chi connectivity index (χ1v) is 9.99. The van der Waals surface area contributed by atoms with E-state index in [0.717, 1.165) is 44.5 Å². The van der Waals surface area contributed by atoms with Gasteiger partial charge in [-0.05, 0) is 38.5 Å². The predicted molar refractivity (Wildman–Crippen MR) is 119 cm³/mol. The number of nitrogens with one attached hydrogen (secondary N) is 3. The van der Waals surface area contributed by atoms with Crippen LogP contribution in [0.15, 0.2) is 4.99 Å². The largest absolute Gasteiger partial charge is 0.359 e. The Morgan fingerprint density at radius 1 is 0.926 bits per heavy atom. The van der Waals surface area contributed by atoms with Gasteiger partial charge in [-0.25, -0.2) is 4.99 Å². The number of likely N-dealkylation sites (N-methyl/N-ethyl adjacent to an activating group) is 1. The van der Waals surface area contributed by atoms with E-state index < -0.39 is 0 Å². The molecule has 0 spiro atoms. The van der Waals surface area contributed by atoms with Gasteiger partial charge in [0.15, 0.2) is 5.96 Å². The second-order valence-corrected chi connectivity index (χ2v) is 7.74. The molecule has 2 saturated carbocycles. The number of nitrogens with zero attached hydrogens (tertiary/aromatic N) is 2. The zero-order chi connectivity index (χ0) is 18.9. The normalized spacial score (nSPS) is 23.7. The van der Waals surface area contributed by atoms with Crippen LogP contribution in [0.1, 0.15) is 57.8 Å². The molecule has 27 heavy (non-hydrogen) atoms. The van der Waals surface area contributed by atoms with Gasteiger partial charge in [-0.3, -0.25) is 9.59 Å². The molecule has 0 saturated heterocycles. The molecule has 2 fully saturated rings. The predicted octanol–water partition coefficient (Wildman–Crippen LogP) is 1.87. The molecular weight excluding hydrogens is 457 g/mol. The molecule has 0 aromatic heterocycles. The number of hydrogen-bond acceptors (Lipinski definition) is 3. The van der Waals surface area contributed by atoms with Gasteiger partial charge in [0.2, 0.25) is 11.8 Å². The highest BCUT2D eigenvalue weighted by Crippen LogP contribution is 2.24. The van der Waals surface area contributed by atoms with E-state index in [2.05, 4.69) is 20.9 Å². The van der Waals surface area contributed by atoms with Crippen LogP contribution < -0.4 is 16.0 Å². The monoisotopic (exact) mass is 493 g/mol. The summed E-state index contributed by atoms with van der Waals surface area (Å²) in [4.78, 5) is 29.8. The third-order valence-corrected chi connectivity index (χ3v) is 5.50. The smallest absolute Gasteiger partial charge is 0.243 e. The molecule has 2 amide bonds. The van der Waals surface area contributed by atoms with Crippen molar-refractivity contribution in [2.45, 2.75) is 69.9 Å². The van der Waals surface area contributed by atoms with E-state index in [-0.39, 0.29) is 48.3 Å². The van der Waals surface area contributed by atoms with Crippen molar-refractivity contribution in [3.05, 3.63) is 0 Å². The maximum atomic E-state index is 11.9. The first kappa shape index (κ1) is 24.0. The summed E-state index contributed by atoms with van der Waals surface area (Å²) in [5, 5.41) is 9.79. The molecule has 0 aromatic carbocycles. The highest BCUT2D eigenvalue weighted by molar-refractivity contribution is 14.0. The lowest BCUT2D eigenvalue weighted by Crippen LogP contribution is -2.49. The van der Waals surface area contributed by atoms with Gasteiger partial charge >= 0.3 is 0 Å². The fourth-order valence-corrected chi connectivity index (χ4v) is 3.76. The Balaban J connectivity index is 0.00000364. The minimum absolute atomic E-state index is 0. The first-order valence-electron chi connectivity index (χ1n) is 9.99. The number of carbonyl (C=O) groups excluding carboxylic acids is 2. The van der Waals surface area contributed by atoms with Crippen LogP contribution in [0.5, 0.6) is 0 Å². The van der Waals surface area contributed by atoms with Crippen LogP contribution in [-0.4, -0.2) is 62.4 Å². The molecule has 2 aliphatic carbocycles. The summed E-state index contributed by atoms with van der Waals surface area (Å²) in [6.45, 7) is 0.155. The average Bonchev–Trinajstić information content (AvgIpc) is 2.66. The maximum Gasteiger partial charge on any atom is 0.243 e. The van der Waals surface area contributed by atoms with Gasteiger partial charge in [0, 0.05) is 39.1 Å². The van der Waals surface area contributed by atoms with E-state index in [1.807, 2.05) is 0 Å². The molecule has 0 radical (unpaired) electrons. The summed E-state index contributed by atoms with van der Waals surface area (Å²) in [5.74, 6) is 1.02. The number of guanidine groups is 1. The Bertz CT molecular complexity index is 498. The topological polar surface area (TPSA) is 85.8 Å². The summed E-state index contributed by atoms with van der Waals surface area (Å²) < 4.78 is 0. The standard InChI is InChI=1S/C19H35N5O2.HI/c1-20-18(26)14-9-11-16(12-10-14)23-19(21-13-17(25)24(2)3)22-15-7-5-4-6-8-15;/h14-16H,4-13H2,1-3H3,(H,20,26)(H2,21,22,23);1H. The highest BCUT2D eigenvalue weighted by atomic mass is 127. The Labute approximate surface area is 180 Å². The molecule has 7 nitrogen and oxygen atoms in total. The summed E-state index contributed by atoms with van der Waals surface area (Å²) in [6, 6.07) is 0.742. The van der Waals surface area contributed by atoms with Crippen molar-refractivity contribution < 1.29 is 9.59 Å². The lowest BCUT2D eigenvalue weighted by molar-refractivity contribution is -0.127. The van der Waals surface area contributed by atoms with Gasteiger partial charge in [-0.2, -0.15) is 0 Å². The van der Waals surface area contributed by atoms with E-state index >= 15 is 0 Å². The Kier molecular flexibility index (Phi) is 11.0. The van der Waals surface area contributed by atoms with Gasteiger partial charge in [-0.15, -0.1) is 24.0 Å². The number of carbonyl (C=O) groups is 2. The molecular formula is C19H36IN5O2. The van der Waals surface area contributed by atoms with Gasteiger partial charge in [0.1, 0.15) is 6.54 Å². The maximum absolute atomic E-state index is 11.9. The molecule has 8 heteroatoms. The second kappa shape index (κ2) is 12.4. The quantitative estimate of drug-likeness (QED) is 0.310. The number of aliphatic imine (C=N–C) groups is 1. The van der Waals surface area contributed by atoms with Crippen molar-refractivity contribution in [2.24, 2.45) is 10.9 Å². The van der Waals surface area contributed by atoms with E-state index in [9.17, 15) is 9.59 Å². The molecule has 0 heterocycles. The summed E-state index contributed by atoms with van der Waals surface area (Å²) in [7, 11) is 5.20. The summed E-state index contributed by atoms with van der Waals surface area (Å²) in [6.07, 6.45) is 9.81. The van der Waals surface area contributed by atoms with Gasteiger partial charge in [-0.1, -0.05) is 19.3 Å². The Hall–Kier alpha value is -1.06. The molecule has 2 rings (SSSR count). The van der Waals surface area contributed by atoms with Crippen LogP contribution in [0, 0.1) is 5.92 Å². The third kappa shape index (κ3) is 8.23. The minimum atomic E-state index is -0.00179. The van der Waals surface area contributed by atoms with Gasteiger partial charge < -0.3 is 20.9 Å². The molecule has 0 atom stereocenters. The Morgan fingerprint density at radius 3 is 2.00 bits per heavy atom. The first-order chi connectivity index (χ1) is 12.5. The molecule has 0 aromatic rings. The van der Waals surface area contributed by atoms with Gasteiger partial charge in [0.05, 0.1) is 0 Å². The van der Waals surface area contributed by atoms with Crippen LogP contribution in [-0.2, 0) is 9.59 Å². The molecule has 2 aliphatic rings. The zero-order valence-electron chi connectivity index (χ0n) is 16.9. The Morgan fingerprint density at radius 2 is 1.48 bits per heavy atom. The molecule has 0 aliphatic heterocycles. The SMILES string of the molecule is CNC(=O)C1CCC(NC(=NCC(=O)N(C)C)NC2CCCCC2)CC1.I. The highest BCUT2D eigenvalue weighted by Gasteiger charge is 2.26. The molecule has 0 bridgehead atoms. The van der Waals surface area contributed by atoms with Crippen molar-refractivity contribution in [3.63, 3.8) is 0 Å². The minimum Gasteiger partial charge on any atom is -0.359 e. The lowest BCUT2D eigenvalue weighted by atomic mass is 9.85. The van der Waals surface area contributed by atoms with Crippen LogP contribution in [0.3, 0.4) is 0 Å². The number of amides is 2. The van der Waals surface area contributed by atoms with E-state index in [1.54, 1.807) is 26.0 Å². The van der Waals surface area contributed by atoms with E-state index in [1.165, 1.54) is 19.3 Å². The fraction of sp³-hybridized carbons (Fsp3) is 0.842. The second-order valence-electron chi connectivity index (χ2n) is 7.74. The van der Waals surface area contributed by atoms with Crippen LogP contribution in [0.25, 0.3) is 0 Å². The van der Waals surface area contributed by atoms with Crippen LogP contribution in [0.2, 0.25) is 0 Å². The van der Waals surface area contributed by atoms with Crippen molar-refractivity contribution >= 4 is 41.8 Å². The van der Waals surface area contributed by atoms with Crippen molar-refractivity contribution in [1.29, 1.82) is 0 Å². The molecule has 0 unspecified atom stereocenters. The summed E-state index contributed by atoms with van der Waals surface area (Å²) >= 11 is 0. The van der Waals surface area contributed by atoms with Crippen molar-refractivity contribution in [1.82, 2.24) is 20.9 Å². The van der Waals surface area contributed by atoms with Crippen molar-refractivity contribution in [3.8, 4) is 0 Å².